The van der Waals surface area contributed by atoms with Crippen LogP contribution in [0.5, 0.6) is 11.5 Å². The van der Waals surface area contributed by atoms with E-state index in [1.165, 1.54) is 10.4 Å². The Bertz CT molecular complexity index is 1090. The van der Waals surface area contributed by atoms with Crippen molar-refractivity contribution >= 4 is 22.2 Å². The highest BCUT2D eigenvalue weighted by Gasteiger charge is 2.42. The number of nitrogens with zero attached hydrogens (tertiary/aromatic N) is 1. The Morgan fingerprint density at radius 3 is 2.52 bits per heavy atom. The van der Waals surface area contributed by atoms with Crippen LogP contribution < -0.4 is 14.8 Å². The lowest BCUT2D eigenvalue weighted by Crippen LogP contribution is -2.55. The van der Waals surface area contributed by atoms with Crippen molar-refractivity contribution in [2.75, 3.05) is 19.8 Å². The molecule has 2 aromatic carbocycles. The second-order valence-corrected chi connectivity index (χ2v) is 9.33. The molecule has 2 aromatic rings. The average molecular weight is 445 g/mol. The minimum atomic E-state index is -3.91. The fourth-order valence-electron chi connectivity index (χ4n) is 4.01. The summed E-state index contributed by atoms with van der Waals surface area (Å²) >= 11 is 0. The highest BCUT2D eigenvalue weighted by atomic mass is 32.2. The van der Waals surface area contributed by atoms with E-state index in [0.717, 1.165) is 5.56 Å². The van der Waals surface area contributed by atoms with Crippen LogP contribution in [0.2, 0.25) is 0 Å². The third-order valence-corrected chi connectivity index (χ3v) is 7.54. The van der Waals surface area contributed by atoms with E-state index in [4.69, 9.17) is 9.47 Å². The molecule has 0 spiro atoms. The summed E-state index contributed by atoms with van der Waals surface area (Å²) in [5.74, 6) is 0.356. The van der Waals surface area contributed by atoms with Crippen molar-refractivity contribution in [3.05, 3.63) is 53.6 Å². The summed E-state index contributed by atoms with van der Waals surface area (Å²) in [6.07, 6.45) is 1.19. The first-order valence-corrected chi connectivity index (χ1v) is 11.6. The smallest absolute Gasteiger partial charge is 0.244 e. The lowest BCUT2D eigenvalue weighted by Gasteiger charge is -2.35. The molecule has 1 N–H and O–H groups in total. The molecule has 31 heavy (non-hydrogen) atoms. The molecule has 8 nitrogen and oxygen atoms in total. The number of ether oxygens (including phenoxy) is 2. The van der Waals surface area contributed by atoms with E-state index in [2.05, 4.69) is 5.32 Å². The molecule has 0 unspecified atom stereocenters. The van der Waals surface area contributed by atoms with Gasteiger partial charge in [0, 0.05) is 12.6 Å². The Morgan fingerprint density at radius 2 is 1.87 bits per heavy atom. The maximum absolute atomic E-state index is 13.3. The number of aldehydes is 1. The van der Waals surface area contributed by atoms with Crippen molar-refractivity contribution in [3.63, 3.8) is 0 Å². The van der Waals surface area contributed by atoms with Gasteiger partial charge in [-0.05, 0) is 30.0 Å². The number of sulfonamides is 1. The highest BCUT2D eigenvalue weighted by molar-refractivity contribution is 7.89. The molecule has 2 heterocycles. The molecular weight excluding hydrogens is 420 g/mol. The van der Waals surface area contributed by atoms with Gasteiger partial charge in [-0.1, -0.05) is 37.3 Å². The van der Waals surface area contributed by atoms with Crippen LogP contribution in [0.4, 0.5) is 0 Å². The summed E-state index contributed by atoms with van der Waals surface area (Å²) in [5, 5.41) is 2.71. The summed E-state index contributed by atoms with van der Waals surface area (Å²) in [7, 11) is -3.91. The molecule has 0 saturated carbocycles. The fourth-order valence-corrected chi connectivity index (χ4v) is 5.84. The topological polar surface area (TPSA) is 102 Å². The summed E-state index contributed by atoms with van der Waals surface area (Å²) in [5.41, 5.74) is 1.40. The van der Waals surface area contributed by atoms with Gasteiger partial charge >= 0.3 is 0 Å². The van der Waals surface area contributed by atoms with E-state index in [0.29, 0.717) is 43.0 Å². The van der Waals surface area contributed by atoms with Crippen LogP contribution in [0.1, 0.15) is 18.1 Å². The zero-order valence-electron chi connectivity index (χ0n) is 17.1. The monoisotopic (exact) mass is 444 g/mol. The zero-order valence-corrected chi connectivity index (χ0v) is 17.9. The van der Waals surface area contributed by atoms with Gasteiger partial charge in [0.2, 0.25) is 15.9 Å². The van der Waals surface area contributed by atoms with E-state index < -0.39 is 28.0 Å². The van der Waals surface area contributed by atoms with Crippen LogP contribution in [0.15, 0.2) is 47.4 Å². The number of hydrogen-bond donors (Lipinski definition) is 1. The van der Waals surface area contributed by atoms with Gasteiger partial charge in [-0.25, -0.2) is 8.42 Å². The van der Waals surface area contributed by atoms with Gasteiger partial charge in [0.15, 0.2) is 11.5 Å². The van der Waals surface area contributed by atoms with Crippen LogP contribution in [0.3, 0.4) is 0 Å². The summed E-state index contributed by atoms with van der Waals surface area (Å²) < 4.78 is 38.8. The first kappa shape index (κ1) is 21.3. The predicted octanol–water partition coefficient (Wildman–Crippen LogP) is 1.32. The van der Waals surface area contributed by atoms with Crippen LogP contribution in [-0.4, -0.2) is 56.8 Å². The van der Waals surface area contributed by atoms with Crippen molar-refractivity contribution in [2.45, 2.75) is 36.7 Å². The van der Waals surface area contributed by atoms with Gasteiger partial charge in [-0.2, -0.15) is 4.31 Å². The lowest BCUT2D eigenvalue weighted by molar-refractivity contribution is -0.127. The van der Waals surface area contributed by atoms with Crippen LogP contribution in [-0.2, 0) is 32.5 Å². The quantitative estimate of drug-likeness (QED) is 0.675. The standard InChI is InChI=1S/C22H24N2O6S/c1-2-24-18(22(26)23-17(14-25)10-15-6-4-3-5-7-15)11-16-12-19-20(30-9-8-29-19)13-21(16)31(24,27)28/h3-7,12-14,17-18H,2,8-11H2,1H3,(H,23,26)/t17-,18+/m0/s1. The third-order valence-electron chi connectivity index (χ3n) is 5.48. The summed E-state index contributed by atoms with van der Waals surface area (Å²) in [6, 6.07) is 10.7. The second kappa shape index (κ2) is 8.68. The van der Waals surface area contributed by atoms with Gasteiger partial charge in [0.05, 0.1) is 10.9 Å². The van der Waals surface area contributed by atoms with Gasteiger partial charge in [-0.3, -0.25) is 4.79 Å². The van der Waals surface area contributed by atoms with Crippen LogP contribution in [0.25, 0.3) is 0 Å². The van der Waals surface area contributed by atoms with Gasteiger partial charge in [0.1, 0.15) is 25.5 Å². The molecule has 4 rings (SSSR count). The lowest BCUT2D eigenvalue weighted by atomic mass is 10.0. The molecule has 2 aliphatic rings. The van der Waals surface area contributed by atoms with E-state index in [1.807, 2.05) is 30.3 Å². The summed E-state index contributed by atoms with van der Waals surface area (Å²) in [6.45, 7) is 2.54. The number of nitrogens with one attached hydrogen (secondary N) is 1. The van der Waals surface area contributed by atoms with Gasteiger partial charge in [-0.15, -0.1) is 0 Å². The second-order valence-electron chi connectivity index (χ2n) is 7.47. The number of carbonyl (C=O) groups is 2. The Balaban J connectivity index is 1.60. The molecule has 2 aliphatic heterocycles. The molecule has 0 aromatic heterocycles. The van der Waals surface area contributed by atoms with Crippen molar-refractivity contribution < 1.29 is 27.5 Å². The minimum Gasteiger partial charge on any atom is -0.486 e. The first-order chi connectivity index (χ1) is 14.9. The number of benzene rings is 2. The SMILES string of the molecule is CCN1[C@@H](C(=O)N[C@H](C=O)Cc2ccccc2)Cc2cc3c(cc2S1(=O)=O)OCCO3. The Morgan fingerprint density at radius 1 is 1.19 bits per heavy atom. The van der Waals surface area contributed by atoms with E-state index in [-0.39, 0.29) is 17.9 Å². The van der Waals surface area contributed by atoms with Gasteiger partial charge in [0.25, 0.3) is 0 Å². The highest BCUT2D eigenvalue weighted by Crippen LogP contribution is 2.39. The van der Waals surface area contributed by atoms with Crippen molar-refractivity contribution in [2.24, 2.45) is 0 Å². The van der Waals surface area contributed by atoms with E-state index in [1.54, 1.807) is 13.0 Å². The number of fused-ring (bicyclic) bond motifs is 2. The van der Waals surface area contributed by atoms with Gasteiger partial charge < -0.3 is 19.6 Å². The van der Waals surface area contributed by atoms with Crippen molar-refractivity contribution in [1.29, 1.82) is 0 Å². The normalized spacial score (nSPS) is 20.4. The molecular formula is C22H24N2O6S. The zero-order chi connectivity index (χ0) is 22.0. The van der Waals surface area contributed by atoms with Crippen molar-refractivity contribution in [3.8, 4) is 11.5 Å². The minimum absolute atomic E-state index is 0.124. The predicted molar refractivity (Wildman–Crippen MR) is 113 cm³/mol. The molecule has 9 heteroatoms. The maximum atomic E-state index is 13.3. The Labute approximate surface area is 181 Å². The first-order valence-electron chi connectivity index (χ1n) is 10.2. The maximum Gasteiger partial charge on any atom is 0.244 e. The molecule has 0 aliphatic carbocycles. The molecule has 0 radical (unpaired) electrons. The Hall–Kier alpha value is -2.91. The van der Waals surface area contributed by atoms with E-state index in [9.17, 15) is 18.0 Å². The molecule has 164 valence electrons. The van der Waals surface area contributed by atoms with Crippen molar-refractivity contribution in [1.82, 2.24) is 9.62 Å². The average Bonchev–Trinajstić information content (AvgIpc) is 2.77. The molecule has 1 amide bonds. The number of carbonyl (C=O) groups excluding carboxylic acids is 2. The molecule has 0 fully saturated rings. The number of likely N-dealkylation sites (N-methyl/N-ethyl adjacent to an activating group) is 1. The van der Waals surface area contributed by atoms with Crippen LogP contribution >= 0.6 is 0 Å². The summed E-state index contributed by atoms with van der Waals surface area (Å²) in [4.78, 5) is 24.8. The largest absolute Gasteiger partial charge is 0.486 e. The number of rotatable bonds is 6. The number of amides is 1. The molecule has 2 atom stereocenters. The molecule has 0 bridgehead atoms. The number of hydrogen-bond acceptors (Lipinski definition) is 6. The Kier molecular flexibility index (Phi) is 5.97. The fraction of sp³-hybridized carbons (Fsp3) is 0.364. The van der Waals surface area contributed by atoms with E-state index >= 15 is 0 Å². The molecule has 0 saturated heterocycles. The van der Waals surface area contributed by atoms with Crippen LogP contribution in [0, 0.1) is 0 Å². The third kappa shape index (κ3) is 4.15.